The summed E-state index contributed by atoms with van der Waals surface area (Å²) in [6, 6.07) is 2.14. The summed E-state index contributed by atoms with van der Waals surface area (Å²) in [5, 5.41) is 11.5. The predicted molar refractivity (Wildman–Crippen MR) is 69.4 cm³/mol. The van der Waals surface area contributed by atoms with Crippen molar-refractivity contribution in [2.24, 2.45) is 0 Å². The smallest absolute Gasteiger partial charge is 0.106 e. The van der Waals surface area contributed by atoms with Crippen molar-refractivity contribution in [3.8, 4) is 0 Å². The van der Waals surface area contributed by atoms with Crippen LogP contribution in [0.15, 0.2) is 16.7 Å². The molecule has 0 radical (unpaired) electrons. The minimum Gasteiger partial charge on any atom is -0.466 e. The Labute approximate surface area is 107 Å². The summed E-state index contributed by atoms with van der Waals surface area (Å²) in [5.41, 5.74) is 2.22. The van der Waals surface area contributed by atoms with Crippen molar-refractivity contribution in [3.63, 3.8) is 0 Å². The largest absolute Gasteiger partial charge is 0.466 e. The third-order valence-electron chi connectivity index (χ3n) is 3.06. The van der Waals surface area contributed by atoms with Crippen LogP contribution < -0.4 is 5.32 Å². The SMILES string of the molecule is CCCn1nncc1C(NC)c1cc(C)oc1C. The minimum atomic E-state index is 0.0731. The molecular formula is C13H20N4O. The van der Waals surface area contributed by atoms with E-state index in [9.17, 15) is 0 Å². The van der Waals surface area contributed by atoms with E-state index in [1.807, 2.05) is 31.8 Å². The van der Waals surface area contributed by atoms with E-state index in [0.29, 0.717) is 0 Å². The fourth-order valence-electron chi connectivity index (χ4n) is 2.27. The Kier molecular flexibility index (Phi) is 3.81. The second-order valence-corrected chi connectivity index (χ2v) is 4.47. The molecule has 18 heavy (non-hydrogen) atoms. The van der Waals surface area contributed by atoms with Crippen LogP contribution in [-0.2, 0) is 6.54 Å². The van der Waals surface area contributed by atoms with Crippen LogP contribution in [0.3, 0.4) is 0 Å². The van der Waals surface area contributed by atoms with Crippen LogP contribution in [0, 0.1) is 13.8 Å². The van der Waals surface area contributed by atoms with Gasteiger partial charge in [0, 0.05) is 12.1 Å². The number of hydrogen-bond donors (Lipinski definition) is 1. The molecule has 0 aromatic carbocycles. The Bertz CT molecular complexity index is 515. The number of furan rings is 1. The number of rotatable bonds is 5. The first kappa shape index (κ1) is 12.8. The van der Waals surface area contributed by atoms with Crippen LogP contribution in [-0.4, -0.2) is 22.0 Å². The first-order chi connectivity index (χ1) is 8.67. The van der Waals surface area contributed by atoms with Gasteiger partial charge in [0.2, 0.25) is 0 Å². The molecule has 1 atom stereocenters. The van der Waals surface area contributed by atoms with Gasteiger partial charge < -0.3 is 9.73 Å². The van der Waals surface area contributed by atoms with Crippen molar-refractivity contribution in [2.75, 3.05) is 7.05 Å². The summed E-state index contributed by atoms with van der Waals surface area (Å²) in [4.78, 5) is 0. The summed E-state index contributed by atoms with van der Waals surface area (Å²) < 4.78 is 7.55. The van der Waals surface area contributed by atoms with E-state index in [1.165, 1.54) is 0 Å². The lowest BCUT2D eigenvalue weighted by molar-refractivity contribution is 0.488. The lowest BCUT2D eigenvalue weighted by atomic mass is 10.0. The van der Waals surface area contributed by atoms with Crippen molar-refractivity contribution in [2.45, 2.75) is 39.8 Å². The van der Waals surface area contributed by atoms with E-state index < -0.39 is 0 Å². The standard InChI is InChI=1S/C13H20N4O/c1-5-6-17-12(8-15-16-17)13(14-4)11-7-9(2)18-10(11)3/h7-8,13-14H,5-6H2,1-4H3. The van der Waals surface area contributed by atoms with Crippen LogP contribution >= 0.6 is 0 Å². The molecule has 0 spiro atoms. The highest BCUT2D eigenvalue weighted by Gasteiger charge is 2.21. The van der Waals surface area contributed by atoms with Gasteiger partial charge >= 0.3 is 0 Å². The Balaban J connectivity index is 2.39. The molecule has 5 nitrogen and oxygen atoms in total. The summed E-state index contributed by atoms with van der Waals surface area (Å²) in [6.07, 6.45) is 2.86. The molecule has 98 valence electrons. The van der Waals surface area contributed by atoms with Gasteiger partial charge in [0.25, 0.3) is 0 Å². The molecule has 0 bridgehead atoms. The monoisotopic (exact) mass is 248 g/mol. The van der Waals surface area contributed by atoms with Gasteiger partial charge in [-0.25, -0.2) is 4.68 Å². The highest BCUT2D eigenvalue weighted by molar-refractivity contribution is 5.30. The molecule has 0 aliphatic rings. The predicted octanol–water partition coefficient (Wildman–Crippen LogP) is 2.21. The molecule has 0 aliphatic heterocycles. The van der Waals surface area contributed by atoms with E-state index in [4.69, 9.17) is 4.42 Å². The molecule has 1 unspecified atom stereocenters. The number of aryl methyl sites for hydroxylation is 3. The maximum atomic E-state index is 5.61. The molecule has 2 aromatic heterocycles. The highest BCUT2D eigenvalue weighted by atomic mass is 16.3. The van der Waals surface area contributed by atoms with Crippen LogP contribution in [0.4, 0.5) is 0 Å². The van der Waals surface area contributed by atoms with Gasteiger partial charge in [-0.2, -0.15) is 0 Å². The fraction of sp³-hybridized carbons (Fsp3) is 0.538. The van der Waals surface area contributed by atoms with Crippen LogP contribution in [0.1, 0.15) is 42.2 Å². The summed E-state index contributed by atoms with van der Waals surface area (Å²) >= 11 is 0. The molecule has 1 N–H and O–H groups in total. The molecular weight excluding hydrogens is 228 g/mol. The number of nitrogens with zero attached hydrogens (tertiary/aromatic N) is 3. The average Bonchev–Trinajstić information content (AvgIpc) is 2.89. The van der Waals surface area contributed by atoms with E-state index >= 15 is 0 Å². The molecule has 2 rings (SSSR count). The van der Waals surface area contributed by atoms with Gasteiger partial charge in [-0.15, -0.1) is 5.10 Å². The molecule has 2 heterocycles. The minimum absolute atomic E-state index is 0.0731. The van der Waals surface area contributed by atoms with E-state index in [0.717, 1.165) is 35.7 Å². The van der Waals surface area contributed by atoms with Gasteiger partial charge in [0.15, 0.2) is 0 Å². The molecule has 2 aromatic rings. The zero-order valence-electron chi connectivity index (χ0n) is 11.4. The number of aromatic nitrogens is 3. The average molecular weight is 248 g/mol. The second-order valence-electron chi connectivity index (χ2n) is 4.47. The van der Waals surface area contributed by atoms with Crippen LogP contribution in [0.2, 0.25) is 0 Å². The summed E-state index contributed by atoms with van der Waals surface area (Å²) in [5.74, 6) is 1.87. The van der Waals surface area contributed by atoms with Crippen LogP contribution in [0.25, 0.3) is 0 Å². The first-order valence-electron chi connectivity index (χ1n) is 6.30. The molecule has 0 saturated heterocycles. The normalized spacial score (nSPS) is 12.9. The molecule has 0 aliphatic carbocycles. The van der Waals surface area contributed by atoms with Crippen molar-refractivity contribution in [1.82, 2.24) is 20.3 Å². The van der Waals surface area contributed by atoms with Gasteiger partial charge in [0.1, 0.15) is 11.5 Å². The second kappa shape index (κ2) is 5.35. The Morgan fingerprint density at radius 1 is 1.44 bits per heavy atom. The number of nitrogens with one attached hydrogen (secondary N) is 1. The summed E-state index contributed by atoms with van der Waals surface area (Å²) in [6.45, 7) is 6.96. The Hall–Kier alpha value is -1.62. The van der Waals surface area contributed by atoms with Crippen LogP contribution in [0.5, 0.6) is 0 Å². The van der Waals surface area contributed by atoms with E-state index in [2.05, 4.69) is 28.6 Å². The maximum Gasteiger partial charge on any atom is 0.106 e. The Morgan fingerprint density at radius 3 is 2.78 bits per heavy atom. The first-order valence-corrected chi connectivity index (χ1v) is 6.30. The molecule has 0 fully saturated rings. The van der Waals surface area contributed by atoms with Crippen molar-refractivity contribution in [1.29, 1.82) is 0 Å². The molecule has 0 amide bonds. The topological polar surface area (TPSA) is 55.9 Å². The van der Waals surface area contributed by atoms with Gasteiger partial charge in [-0.3, -0.25) is 0 Å². The van der Waals surface area contributed by atoms with Crippen molar-refractivity contribution < 1.29 is 4.42 Å². The lowest BCUT2D eigenvalue weighted by Gasteiger charge is -2.16. The lowest BCUT2D eigenvalue weighted by Crippen LogP contribution is -2.21. The quantitative estimate of drug-likeness (QED) is 0.881. The maximum absolute atomic E-state index is 5.61. The van der Waals surface area contributed by atoms with Gasteiger partial charge in [-0.05, 0) is 33.4 Å². The van der Waals surface area contributed by atoms with Crippen molar-refractivity contribution >= 4 is 0 Å². The zero-order valence-corrected chi connectivity index (χ0v) is 11.4. The van der Waals surface area contributed by atoms with E-state index in [1.54, 1.807) is 0 Å². The zero-order chi connectivity index (χ0) is 13.1. The summed E-state index contributed by atoms with van der Waals surface area (Å²) in [7, 11) is 1.94. The Morgan fingerprint density at radius 2 is 2.22 bits per heavy atom. The molecule has 0 saturated carbocycles. The van der Waals surface area contributed by atoms with E-state index in [-0.39, 0.29) is 6.04 Å². The third kappa shape index (κ3) is 2.31. The highest BCUT2D eigenvalue weighted by Crippen LogP contribution is 2.26. The number of hydrogen-bond acceptors (Lipinski definition) is 4. The van der Waals surface area contributed by atoms with Gasteiger partial charge in [-0.1, -0.05) is 12.1 Å². The van der Waals surface area contributed by atoms with Gasteiger partial charge in [0.05, 0.1) is 17.9 Å². The van der Waals surface area contributed by atoms with Crippen molar-refractivity contribution in [3.05, 3.63) is 35.0 Å². The third-order valence-corrected chi connectivity index (χ3v) is 3.06. The molecule has 5 heteroatoms. The fourth-order valence-corrected chi connectivity index (χ4v) is 2.27.